The number of aliphatic hydroxyl groups is 1. The van der Waals surface area contributed by atoms with E-state index in [9.17, 15) is 9.90 Å². The number of hydrogen-bond donors (Lipinski definition) is 3. The smallest absolute Gasteiger partial charge is 0.234 e. The molecule has 0 aliphatic rings. The number of aliphatic hydroxyl groups excluding tert-OH is 1. The van der Waals surface area contributed by atoms with Crippen molar-refractivity contribution in [2.75, 3.05) is 33.4 Å². The lowest BCUT2D eigenvalue weighted by Crippen LogP contribution is -2.36. The minimum atomic E-state index is -0.554. The Bertz CT molecular complexity index is 317. The van der Waals surface area contributed by atoms with Crippen LogP contribution in [-0.4, -0.2) is 44.4 Å². The summed E-state index contributed by atoms with van der Waals surface area (Å²) in [7, 11) is 1.59. The highest BCUT2D eigenvalue weighted by Gasteiger charge is 2.08. The zero-order valence-electron chi connectivity index (χ0n) is 9.81. The molecule has 17 heavy (non-hydrogen) atoms. The van der Waals surface area contributed by atoms with Crippen LogP contribution in [0.25, 0.3) is 0 Å². The maximum Gasteiger partial charge on any atom is 0.234 e. The van der Waals surface area contributed by atoms with E-state index in [-0.39, 0.29) is 12.5 Å². The van der Waals surface area contributed by atoms with Crippen molar-refractivity contribution < 1.29 is 14.6 Å². The summed E-state index contributed by atoms with van der Waals surface area (Å²) in [4.78, 5) is 12.2. The molecule has 0 fully saturated rings. The van der Waals surface area contributed by atoms with Gasteiger partial charge in [-0.15, -0.1) is 11.3 Å². The molecule has 3 N–H and O–H groups in total. The fourth-order valence-corrected chi connectivity index (χ4v) is 1.97. The van der Waals surface area contributed by atoms with E-state index in [1.54, 1.807) is 7.11 Å². The number of carbonyl (C=O) groups is 1. The topological polar surface area (TPSA) is 70.6 Å². The minimum Gasteiger partial charge on any atom is -0.386 e. The molecule has 1 heterocycles. The monoisotopic (exact) mass is 258 g/mol. The summed E-state index contributed by atoms with van der Waals surface area (Å²) in [5.74, 6) is -0.0968. The number of hydrogen-bond acceptors (Lipinski definition) is 5. The van der Waals surface area contributed by atoms with Crippen LogP contribution in [0.5, 0.6) is 0 Å². The van der Waals surface area contributed by atoms with Gasteiger partial charge in [0, 0.05) is 25.1 Å². The van der Waals surface area contributed by atoms with Gasteiger partial charge in [-0.05, 0) is 11.4 Å². The molecule has 5 nitrogen and oxygen atoms in total. The van der Waals surface area contributed by atoms with Gasteiger partial charge in [-0.3, -0.25) is 4.79 Å². The molecule has 1 amide bonds. The van der Waals surface area contributed by atoms with Crippen molar-refractivity contribution in [1.82, 2.24) is 10.6 Å². The quantitative estimate of drug-likeness (QED) is 0.580. The van der Waals surface area contributed by atoms with Crippen molar-refractivity contribution in [3.8, 4) is 0 Å². The number of carbonyl (C=O) groups excluding carboxylic acids is 1. The lowest BCUT2D eigenvalue weighted by atomic mass is 10.3. The second kappa shape index (κ2) is 8.19. The highest BCUT2D eigenvalue weighted by atomic mass is 32.1. The van der Waals surface area contributed by atoms with Gasteiger partial charge in [0.05, 0.1) is 13.2 Å². The van der Waals surface area contributed by atoms with E-state index in [1.165, 1.54) is 11.3 Å². The number of amides is 1. The summed E-state index contributed by atoms with van der Waals surface area (Å²) in [6, 6.07) is 3.76. The van der Waals surface area contributed by atoms with Crippen molar-refractivity contribution in [2.45, 2.75) is 6.10 Å². The van der Waals surface area contributed by atoms with Crippen LogP contribution < -0.4 is 10.6 Å². The van der Waals surface area contributed by atoms with E-state index < -0.39 is 6.10 Å². The third-order valence-electron chi connectivity index (χ3n) is 2.12. The van der Waals surface area contributed by atoms with Crippen molar-refractivity contribution in [3.63, 3.8) is 0 Å². The molecule has 0 saturated heterocycles. The summed E-state index contributed by atoms with van der Waals surface area (Å²) >= 11 is 1.50. The van der Waals surface area contributed by atoms with E-state index >= 15 is 0 Å². The Morgan fingerprint density at radius 2 is 2.47 bits per heavy atom. The number of ether oxygens (including phenoxy) is 1. The van der Waals surface area contributed by atoms with Crippen LogP contribution in [0.2, 0.25) is 0 Å². The Kier molecular flexibility index (Phi) is 6.80. The Hall–Kier alpha value is -0.950. The Morgan fingerprint density at radius 1 is 1.65 bits per heavy atom. The largest absolute Gasteiger partial charge is 0.386 e. The van der Waals surface area contributed by atoms with Gasteiger partial charge >= 0.3 is 0 Å². The molecule has 1 unspecified atom stereocenters. The average molecular weight is 258 g/mol. The van der Waals surface area contributed by atoms with Crippen molar-refractivity contribution in [1.29, 1.82) is 0 Å². The predicted octanol–water partition coefficient (Wildman–Crippen LogP) is 0.134. The molecule has 0 aromatic carbocycles. The molecular formula is C11H18N2O3S. The number of rotatable bonds is 8. The van der Waals surface area contributed by atoms with Gasteiger partial charge in [0.1, 0.15) is 6.10 Å². The van der Waals surface area contributed by atoms with Gasteiger partial charge in [-0.2, -0.15) is 0 Å². The first-order chi connectivity index (χ1) is 8.24. The van der Waals surface area contributed by atoms with E-state index in [4.69, 9.17) is 4.74 Å². The number of methoxy groups -OCH3 is 1. The summed E-state index contributed by atoms with van der Waals surface area (Å²) in [6.07, 6.45) is -0.554. The molecule has 0 saturated carbocycles. The zero-order chi connectivity index (χ0) is 12.5. The van der Waals surface area contributed by atoms with Crippen LogP contribution >= 0.6 is 11.3 Å². The molecule has 1 aromatic rings. The molecule has 0 radical (unpaired) electrons. The molecule has 0 spiro atoms. The molecule has 1 atom stereocenters. The molecule has 6 heteroatoms. The van der Waals surface area contributed by atoms with E-state index in [1.807, 2.05) is 17.5 Å². The van der Waals surface area contributed by atoms with Crippen LogP contribution in [-0.2, 0) is 9.53 Å². The Balaban J connectivity index is 2.09. The van der Waals surface area contributed by atoms with Crippen LogP contribution in [0.1, 0.15) is 11.0 Å². The van der Waals surface area contributed by atoms with Gasteiger partial charge in [0.25, 0.3) is 0 Å². The first-order valence-corrected chi connectivity index (χ1v) is 6.30. The van der Waals surface area contributed by atoms with Crippen LogP contribution in [0.4, 0.5) is 0 Å². The fraction of sp³-hybridized carbons (Fsp3) is 0.545. The molecule has 0 aliphatic carbocycles. The summed E-state index contributed by atoms with van der Waals surface area (Å²) in [6.45, 7) is 1.58. The lowest BCUT2D eigenvalue weighted by molar-refractivity contribution is -0.120. The summed E-state index contributed by atoms with van der Waals surface area (Å²) in [5, 5.41) is 17.2. The first-order valence-electron chi connectivity index (χ1n) is 5.42. The van der Waals surface area contributed by atoms with Gasteiger partial charge in [-0.1, -0.05) is 6.07 Å². The van der Waals surface area contributed by atoms with Crippen molar-refractivity contribution in [2.24, 2.45) is 0 Å². The van der Waals surface area contributed by atoms with Gasteiger partial charge in [0.15, 0.2) is 0 Å². The normalized spacial score (nSPS) is 12.4. The second-order valence-corrected chi connectivity index (χ2v) is 4.48. The Labute approximate surface area is 105 Å². The molecule has 1 rings (SSSR count). The number of nitrogens with one attached hydrogen (secondary N) is 2. The number of thiophene rings is 1. The highest BCUT2D eigenvalue weighted by Crippen LogP contribution is 2.17. The molecule has 0 aliphatic heterocycles. The summed E-state index contributed by atoms with van der Waals surface area (Å²) in [5.41, 5.74) is 0. The zero-order valence-corrected chi connectivity index (χ0v) is 10.6. The third-order valence-corrected chi connectivity index (χ3v) is 3.10. The van der Waals surface area contributed by atoms with Crippen molar-refractivity contribution in [3.05, 3.63) is 22.4 Å². The summed E-state index contributed by atoms with van der Waals surface area (Å²) < 4.78 is 4.81. The highest BCUT2D eigenvalue weighted by molar-refractivity contribution is 7.10. The predicted molar refractivity (Wildman–Crippen MR) is 67.0 cm³/mol. The average Bonchev–Trinajstić information content (AvgIpc) is 2.82. The van der Waals surface area contributed by atoms with Gasteiger partial charge in [-0.25, -0.2) is 0 Å². The van der Waals surface area contributed by atoms with E-state index in [2.05, 4.69) is 10.6 Å². The molecular weight excluding hydrogens is 240 g/mol. The maximum atomic E-state index is 11.3. The van der Waals surface area contributed by atoms with E-state index in [0.29, 0.717) is 19.7 Å². The Morgan fingerprint density at radius 3 is 3.12 bits per heavy atom. The van der Waals surface area contributed by atoms with Crippen LogP contribution in [0.3, 0.4) is 0 Å². The van der Waals surface area contributed by atoms with Gasteiger partial charge < -0.3 is 20.5 Å². The van der Waals surface area contributed by atoms with Crippen LogP contribution in [0, 0.1) is 0 Å². The second-order valence-electron chi connectivity index (χ2n) is 3.50. The SMILES string of the molecule is COCCNC(=O)CNCC(O)c1cccs1. The van der Waals surface area contributed by atoms with Gasteiger partial charge in [0.2, 0.25) is 5.91 Å². The fourth-order valence-electron chi connectivity index (χ4n) is 1.26. The molecule has 0 bridgehead atoms. The van der Waals surface area contributed by atoms with E-state index in [0.717, 1.165) is 4.88 Å². The van der Waals surface area contributed by atoms with Crippen LogP contribution in [0.15, 0.2) is 17.5 Å². The molecule has 1 aromatic heterocycles. The lowest BCUT2D eigenvalue weighted by Gasteiger charge is -2.10. The minimum absolute atomic E-state index is 0.0968. The first kappa shape index (κ1) is 14.1. The third kappa shape index (κ3) is 5.78. The maximum absolute atomic E-state index is 11.3. The van der Waals surface area contributed by atoms with Crippen molar-refractivity contribution >= 4 is 17.2 Å². The molecule has 96 valence electrons. The standard InChI is InChI=1S/C11H18N2O3S/c1-16-5-4-13-11(15)8-12-7-9(14)10-3-2-6-17-10/h2-3,6,9,12,14H,4-5,7-8H2,1H3,(H,13,15).